The van der Waals surface area contributed by atoms with Crippen LogP contribution in [0.4, 0.5) is 0 Å². The maximum Gasteiger partial charge on any atom is 0.352 e. The summed E-state index contributed by atoms with van der Waals surface area (Å²) in [6.45, 7) is 1.20. The van der Waals surface area contributed by atoms with Crippen LogP contribution in [0.3, 0.4) is 0 Å². The van der Waals surface area contributed by atoms with E-state index in [1.54, 1.807) is 0 Å². The van der Waals surface area contributed by atoms with Gasteiger partial charge in [-0.3, -0.25) is 14.2 Å². The van der Waals surface area contributed by atoms with Crippen molar-refractivity contribution in [2.24, 2.45) is 11.8 Å². The molecule has 3 aliphatic rings. The van der Waals surface area contributed by atoms with E-state index < -0.39 is 38.8 Å². The number of nitrogens with one attached hydrogen (secondary N) is 1. The number of rotatable bonds is 8. The minimum atomic E-state index is -4.44. The van der Waals surface area contributed by atoms with Crippen molar-refractivity contribution in [1.29, 1.82) is 5.26 Å². The van der Waals surface area contributed by atoms with Gasteiger partial charge in [0.05, 0.1) is 17.0 Å². The average Bonchev–Trinajstić information content (AvgIpc) is 3.42. The molecule has 2 aliphatic heterocycles. The lowest BCUT2D eigenvalue weighted by molar-refractivity contribution is -0.148. The van der Waals surface area contributed by atoms with Gasteiger partial charge in [-0.05, 0) is 29.3 Å². The molecule has 1 aromatic rings. The van der Waals surface area contributed by atoms with Crippen LogP contribution in [-0.2, 0) is 19.7 Å². The smallest absolute Gasteiger partial charge is 0.352 e. The standard InChI is InChI=1S/C16H17N7O6S4/c1-6(33(27,28)29)23-16(19-20-21-23)32-5-8-4-31-14-10(13(24)22(14)11(8)15(25)26)18-12(30)9-2-7(9)3-17/h6-7,9-10,14H,2,4-5H2,1H3,(H,18,30)(H,25,26)(H,27,28,29)/t6?,7-,9-,10?,14-/m0/s1. The third kappa shape index (κ3) is 4.45. The average molecular weight is 532 g/mol. The molecule has 1 aromatic heterocycles. The van der Waals surface area contributed by atoms with Gasteiger partial charge in [0, 0.05) is 17.4 Å². The topological polar surface area (TPSA) is 191 Å². The molecule has 17 heteroatoms. The lowest BCUT2D eigenvalue weighted by Gasteiger charge is -2.49. The SMILES string of the molecule is CC(n1nnnc1SCC1=C(C(=O)O)N2C(=O)C(NC(=S)[C@H]3C[C@H]3C#N)[C@@H]2SC1)S(=O)(=O)O. The van der Waals surface area contributed by atoms with E-state index in [0.29, 0.717) is 22.7 Å². The normalized spacial score (nSPS) is 27.3. The number of carbonyl (C=O) groups is 2. The van der Waals surface area contributed by atoms with Crippen molar-refractivity contribution >= 4 is 62.7 Å². The predicted molar refractivity (Wildman–Crippen MR) is 119 cm³/mol. The van der Waals surface area contributed by atoms with Gasteiger partial charge in [0.25, 0.3) is 16.0 Å². The molecule has 5 atom stereocenters. The largest absolute Gasteiger partial charge is 0.477 e. The molecule has 1 aliphatic carbocycles. The number of thioether (sulfide) groups is 2. The van der Waals surface area contributed by atoms with Gasteiger partial charge in [0.15, 0.2) is 5.37 Å². The zero-order valence-electron chi connectivity index (χ0n) is 16.9. The highest BCUT2D eigenvalue weighted by molar-refractivity contribution is 8.01. The van der Waals surface area contributed by atoms with Gasteiger partial charge >= 0.3 is 5.97 Å². The number of fused-ring (bicyclic) bond motifs is 1. The predicted octanol–water partition coefficient (Wildman–Crippen LogP) is -0.129. The Kier molecular flexibility index (Phi) is 6.39. The van der Waals surface area contributed by atoms with Crippen molar-refractivity contribution in [2.45, 2.75) is 35.3 Å². The van der Waals surface area contributed by atoms with E-state index in [-0.39, 0.29) is 28.4 Å². The summed E-state index contributed by atoms with van der Waals surface area (Å²) >= 11 is 7.67. The van der Waals surface area contributed by atoms with Gasteiger partial charge in [0.1, 0.15) is 17.1 Å². The summed E-state index contributed by atoms with van der Waals surface area (Å²) in [7, 11) is -4.44. The van der Waals surface area contributed by atoms with Crippen LogP contribution < -0.4 is 5.32 Å². The third-order valence-corrected chi connectivity index (χ3v) is 9.30. The molecule has 0 radical (unpaired) electrons. The first-order valence-corrected chi connectivity index (χ1v) is 13.5. The molecule has 1 amide bonds. The molecule has 4 rings (SSSR count). The van der Waals surface area contributed by atoms with E-state index in [2.05, 4.69) is 26.9 Å². The third-order valence-electron chi connectivity index (χ3n) is 5.45. The number of thiocarbonyl (C=S) groups is 1. The van der Waals surface area contributed by atoms with E-state index in [4.69, 9.17) is 17.5 Å². The number of nitriles is 1. The van der Waals surface area contributed by atoms with Crippen LogP contribution in [-0.4, -0.2) is 83.0 Å². The van der Waals surface area contributed by atoms with Crippen LogP contribution in [0.2, 0.25) is 0 Å². The zero-order chi connectivity index (χ0) is 24.1. The minimum absolute atomic E-state index is 0.0702. The molecule has 176 valence electrons. The fraction of sp³-hybridized carbons (Fsp3) is 0.562. The number of carboxylic acid groups (broad SMARTS) is 1. The monoisotopic (exact) mass is 531 g/mol. The van der Waals surface area contributed by atoms with Crippen molar-refractivity contribution in [1.82, 2.24) is 30.4 Å². The second-order valence-electron chi connectivity index (χ2n) is 7.54. The van der Waals surface area contributed by atoms with Crippen molar-refractivity contribution in [3.63, 3.8) is 0 Å². The lowest BCUT2D eigenvalue weighted by Crippen LogP contribution is -2.70. The minimum Gasteiger partial charge on any atom is -0.477 e. The van der Waals surface area contributed by atoms with Crippen LogP contribution in [0, 0.1) is 23.2 Å². The number of aromatic nitrogens is 4. The first kappa shape index (κ1) is 23.9. The van der Waals surface area contributed by atoms with Crippen LogP contribution in [0.25, 0.3) is 0 Å². The summed E-state index contributed by atoms with van der Waals surface area (Å²) in [5, 5.41) is 30.6. The fourth-order valence-electron chi connectivity index (χ4n) is 3.47. The Morgan fingerprint density at radius 1 is 1.52 bits per heavy atom. The van der Waals surface area contributed by atoms with E-state index in [1.165, 1.54) is 23.6 Å². The van der Waals surface area contributed by atoms with Crippen LogP contribution >= 0.6 is 35.7 Å². The maximum absolute atomic E-state index is 12.8. The van der Waals surface area contributed by atoms with E-state index in [9.17, 15) is 27.7 Å². The highest BCUT2D eigenvalue weighted by Gasteiger charge is 2.55. The Balaban J connectivity index is 1.47. The summed E-state index contributed by atoms with van der Waals surface area (Å²) in [5.74, 6) is -1.50. The Hall–Kier alpha value is -2.26. The van der Waals surface area contributed by atoms with Gasteiger partial charge in [-0.15, -0.1) is 16.9 Å². The summed E-state index contributed by atoms with van der Waals surface area (Å²) in [4.78, 5) is 26.4. The van der Waals surface area contributed by atoms with E-state index >= 15 is 0 Å². The van der Waals surface area contributed by atoms with E-state index in [0.717, 1.165) is 16.4 Å². The van der Waals surface area contributed by atoms with E-state index in [1.807, 2.05) is 0 Å². The highest BCUT2D eigenvalue weighted by Crippen LogP contribution is 2.43. The molecule has 1 saturated heterocycles. The number of carboxylic acids is 1. The number of nitrogens with zero attached hydrogens (tertiary/aromatic N) is 6. The Morgan fingerprint density at radius 2 is 2.24 bits per heavy atom. The molecule has 1 saturated carbocycles. The molecular weight excluding hydrogens is 514 g/mol. The molecular formula is C16H17N7O6S4. The summed E-state index contributed by atoms with van der Waals surface area (Å²) in [6, 6.07) is 1.48. The van der Waals surface area contributed by atoms with Crippen molar-refractivity contribution in [2.75, 3.05) is 11.5 Å². The molecule has 33 heavy (non-hydrogen) atoms. The number of aliphatic carboxylic acids is 1. The fourth-order valence-corrected chi connectivity index (χ4v) is 6.76. The second kappa shape index (κ2) is 8.83. The molecule has 0 bridgehead atoms. The highest BCUT2D eigenvalue weighted by atomic mass is 32.2. The molecule has 13 nitrogen and oxygen atoms in total. The van der Waals surface area contributed by atoms with Crippen molar-refractivity contribution < 1.29 is 27.7 Å². The molecule has 3 heterocycles. The number of amides is 1. The van der Waals surface area contributed by atoms with Crippen LogP contribution in [0.5, 0.6) is 0 Å². The number of β-lactam (4-membered cyclic amide) rings is 1. The van der Waals surface area contributed by atoms with Gasteiger partial charge < -0.3 is 10.4 Å². The first-order valence-electron chi connectivity index (χ1n) is 9.51. The molecule has 2 fully saturated rings. The van der Waals surface area contributed by atoms with Crippen LogP contribution in [0.1, 0.15) is 18.7 Å². The number of hydrogen-bond donors (Lipinski definition) is 3. The second-order valence-corrected chi connectivity index (χ2v) is 11.7. The van der Waals surface area contributed by atoms with Crippen molar-refractivity contribution in [3.8, 4) is 6.07 Å². The van der Waals surface area contributed by atoms with Crippen molar-refractivity contribution in [3.05, 3.63) is 11.3 Å². The van der Waals surface area contributed by atoms with Gasteiger partial charge in [0.2, 0.25) is 5.16 Å². The number of carbonyl (C=O) groups excluding carboxylic acids is 1. The Morgan fingerprint density at radius 3 is 2.85 bits per heavy atom. The van der Waals surface area contributed by atoms with Crippen LogP contribution in [0.15, 0.2) is 16.4 Å². The molecule has 2 unspecified atom stereocenters. The summed E-state index contributed by atoms with van der Waals surface area (Å²) in [6.07, 6.45) is 0.655. The van der Waals surface area contributed by atoms with Gasteiger partial charge in [-0.1, -0.05) is 24.0 Å². The zero-order valence-corrected chi connectivity index (χ0v) is 20.1. The summed E-state index contributed by atoms with van der Waals surface area (Å²) in [5.41, 5.74) is 0.312. The Labute approximate surface area is 201 Å². The summed E-state index contributed by atoms with van der Waals surface area (Å²) < 4.78 is 33.0. The maximum atomic E-state index is 12.8. The number of tetrazole rings is 1. The molecule has 0 spiro atoms. The molecule has 3 N–H and O–H groups in total. The Bertz CT molecular complexity index is 1210. The number of hydrogen-bond acceptors (Lipinski definition) is 11. The lowest BCUT2D eigenvalue weighted by atomic mass is 10.0. The quantitative estimate of drug-likeness (QED) is 0.174. The molecule has 0 aromatic carbocycles. The first-order chi connectivity index (χ1) is 15.5. The van der Waals surface area contributed by atoms with Gasteiger partial charge in [-0.25, -0.2) is 4.79 Å². The van der Waals surface area contributed by atoms with Gasteiger partial charge in [-0.2, -0.15) is 18.4 Å².